The number of hydrogen-bond donors (Lipinski definition) is 3. The Balaban J connectivity index is 4.88. The summed E-state index contributed by atoms with van der Waals surface area (Å²) in [5, 5.41) is 13.9. The van der Waals surface area contributed by atoms with Crippen LogP contribution in [0.3, 0.4) is 0 Å². The molecule has 0 bridgehead atoms. The van der Waals surface area contributed by atoms with E-state index in [4.69, 9.17) is 9.84 Å². The van der Waals surface area contributed by atoms with Crippen LogP contribution in [0, 0.1) is 5.92 Å². The van der Waals surface area contributed by atoms with Crippen molar-refractivity contribution in [1.82, 2.24) is 10.6 Å². The SMILES string of the molecule is CC(C)C(NC(=O)OC(C)(C)C)C(=O)NC(C)(C)C(=O)O. The Morgan fingerprint density at radius 3 is 1.86 bits per heavy atom. The maximum Gasteiger partial charge on any atom is 0.408 e. The molecule has 0 aromatic rings. The molecule has 0 radical (unpaired) electrons. The van der Waals surface area contributed by atoms with Crippen molar-refractivity contribution in [2.45, 2.75) is 65.6 Å². The molecule has 122 valence electrons. The quantitative estimate of drug-likeness (QED) is 0.714. The molecule has 21 heavy (non-hydrogen) atoms. The zero-order valence-electron chi connectivity index (χ0n) is 13.7. The van der Waals surface area contributed by atoms with Crippen LogP contribution in [0.25, 0.3) is 0 Å². The van der Waals surface area contributed by atoms with Gasteiger partial charge in [0.2, 0.25) is 5.91 Å². The Morgan fingerprint density at radius 2 is 1.52 bits per heavy atom. The Kier molecular flexibility index (Phi) is 6.20. The molecule has 0 fully saturated rings. The normalized spacial score (nSPS) is 13.5. The van der Waals surface area contributed by atoms with Gasteiger partial charge in [-0.05, 0) is 40.5 Å². The Bertz CT molecular complexity index is 410. The molecule has 0 rings (SSSR count). The van der Waals surface area contributed by atoms with Gasteiger partial charge in [0, 0.05) is 0 Å². The molecule has 0 aromatic heterocycles. The van der Waals surface area contributed by atoms with Crippen molar-refractivity contribution in [3.8, 4) is 0 Å². The lowest BCUT2D eigenvalue weighted by Gasteiger charge is -2.28. The van der Waals surface area contributed by atoms with Gasteiger partial charge in [-0.2, -0.15) is 0 Å². The second-order valence-electron chi connectivity index (χ2n) is 6.79. The highest BCUT2D eigenvalue weighted by atomic mass is 16.6. The van der Waals surface area contributed by atoms with Crippen LogP contribution in [-0.2, 0) is 14.3 Å². The average molecular weight is 302 g/mol. The standard InChI is InChI=1S/C14H26N2O5/c1-8(2)9(15-12(20)21-13(3,4)5)10(17)16-14(6,7)11(18)19/h8-9H,1-7H3,(H,15,20)(H,16,17)(H,18,19). The summed E-state index contributed by atoms with van der Waals surface area (Å²) in [6, 6.07) is -0.876. The molecule has 7 nitrogen and oxygen atoms in total. The van der Waals surface area contributed by atoms with E-state index in [1.165, 1.54) is 13.8 Å². The summed E-state index contributed by atoms with van der Waals surface area (Å²) in [6.45, 7) is 11.4. The number of carbonyl (C=O) groups is 3. The third-order valence-corrected chi connectivity index (χ3v) is 2.59. The molecule has 3 N–H and O–H groups in total. The monoisotopic (exact) mass is 302 g/mol. The topological polar surface area (TPSA) is 105 Å². The fourth-order valence-corrected chi connectivity index (χ4v) is 1.41. The second-order valence-corrected chi connectivity index (χ2v) is 6.79. The smallest absolute Gasteiger partial charge is 0.408 e. The van der Waals surface area contributed by atoms with Gasteiger partial charge in [-0.1, -0.05) is 13.8 Å². The first-order chi connectivity index (χ1) is 9.26. The van der Waals surface area contributed by atoms with E-state index >= 15 is 0 Å². The summed E-state index contributed by atoms with van der Waals surface area (Å²) in [7, 11) is 0. The van der Waals surface area contributed by atoms with Crippen molar-refractivity contribution in [2.75, 3.05) is 0 Å². The van der Waals surface area contributed by atoms with Crippen molar-refractivity contribution in [3.63, 3.8) is 0 Å². The van der Waals surface area contributed by atoms with Gasteiger partial charge in [0.25, 0.3) is 0 Å². The maximum atomic E-state index is 12.2. The van der Waals surface area contributed by atoms with Gasteiger partial charge in [-0.25, -0.2) is 9.59 Å². The number of rotatable bonds is 5. The van der Waals surface area contributed by atoms with Gasteiger partial charge >= 0.3 is 12.1 Å². The zero-order chi connectivity index (χ0) is 17.0. The van der Waals surface area contributed by atoms with Crippen LogP contribution in [-0.4, -0.2) is 40.3 Å². The fraction of sp³-hybridized carbons (Fsp3) is 0.786. The van der Waals surface area contributed by atoms with Crippen LogP contribution in [0.15, 0.2) is 0 Å². The van der Waals surface area contributed by atoms with E-state index in [0.717, 1.165) is 0 Å². The molecular formula is C14H26N2O5. The summed E-state index contributed by atoms with van der Waals surface area (Å²) in [6.07, 6.45) is -0.718. The minimum Gasteiger partial charge on any atom is -0.480 e. The Labute approximate surface area is 125 Å². The highest BCUT2D eigenvalue weighted by Gasteiger charge is 2.34. The molecule has 1 atom stereocenters. The average Bonchev–Trinajstić information content (AvgIpc) is 2.21. The van der Waals surface area contributed by atoms with Crippen molar-refractivity contribution in [1.29, 1.82) is 0 Å². The molecule has 0 aromatic carbocycles. The molecule has 0 aliphatic heterocycles. The first kappa shape index (κ1) is 19.2. The number of carboxylic acid groups (broad SMARTS) is 1. The van der Waals surface area contributed by atoms with E-state index in [1.807, 2.05) is 0 Å². The van der Waals surface area contributed by atoms with Gasteiger partial charge in [-0.3, -0.25) is 4.79 Å². The third kappa shape index (κ3) is 6.97. The highest BCUT2D eigenvalue weighted by molar-refractivity contribution is 5.91. The van der Waals surface area contributed by atoms with Gasteiger partial charge in [0.1, 0.15) is 17.2 Å². The number of hydrogen-bond acceptors (Lipinski definition) is 4. The maximum absolute atomic E-state index is 12.2. The van der Waals surface area contributed by atoms with E-state index in [1.54, 1.807) is 34.6 Å². The van der Waals surface area contributed by atoms with E-state index < -0.39 is 35.2 Å². The van der Waals surface area contributed by atoms with E-state index in [-0.39, 0.29) is 5.92 Å². The van der Waals surface area contributed by atoms with Crippen molar-refractivity contribution < 1.29 is 24.2 Å². The fourth-order valence-electron chi connectivity index (χ4n) is 1.41. The van der Waals surface area contributed by atoms with E-state index in [0.29, 0.717) is 0 Å². The van der Waals surface area contributed by atoms with Crippen LogP contribution < -0.4 is 10.6 Å². The van der Waals surface area contributed by atoms with Crippen LogP contribution in [0.5, 0.6) is 0 Å². The number of ether oxygens (including phenoxy) is 1. The number of alkyl carbamates (subject to hydrolysis) is 1. The second kappa shape index (κ2) is 6.78. The molecule has 0 saturated heterocycles. The summed E-state index contributed by atoms with van der Waals surface area (Å²) < 4.78 is 5.10. The Morgan fingerprint density at radius 1 is 1.05 bits per heavy atom. The zero-order valence-corrected chi connectivity index (χ0v) is 13.7. The van der Waals surface area contributed by atoms with E-state index in [9.17, 15) is 14.4 Å². The van der Waals surface area contributed by atoms with Crippen LogP contribution in [0.4, 0.5) is 4.79 Å². The van der Waals surface area contributed by atoms with E-state index in [2.05, 4.69) is 10.6 Å². The first-order valence-electron chi connectivity index (χ1n) is 6.81. The predicted molar refractivity (Wildman–Crippen MR) is 77.9 cm³/mol. The Hall–Kier alpha value is -1.79. The molecule has 2 amide bonds. The third-order valence-electron chi connectivity index (χ3n) is 2.59. The minimum absolute atomic E-state index is 0.220. The molecule has 7 heteroatoms. The number of nitrogens with one attached hydrogen (secondary N) is 2. The van der Waals surface area contributed by atoms with Crippen LogP contribution in [0.1, 0.15) is 48.5 Å². The molecule has 0 saturated carbocycles. The first-order valence-corrected chi connectivity index (χ1v) is 6.81. The van der Waals surface area contributed by atoms with Crippen molar-refractivity contribution >= 4 is 18.0 Å². The molecule has 0 aliphatic rings. The van der Waals surface area contributed by atoms with Crippen molar-refractivity contribution in [3.05, 3.63) is 0 Å². The highest BCUT2D eigenvalue weighted by Crippen LogP contribution is 2.10. The number of aliphatic carboxylic acids is 1. The number of amides is 2. The largest absolute Gasteiger partial charge is 0.480 e. The lowest BCUT2D eigenvalue weighted by atomic mass is 10.0. The number of carboxylic acids is 1. The lowest BCUT2D eigenvalue weighted by Crippen LogP contribution is -2.58. The van der Waals surface area contributed by atoms with Crippen molar-refractivity contribution in [2.24, 2.45) is 5.92 Å². The number of carbonyl (C=O) groups excluding carboxylic acids is 2. The van der Waals surface area contributed by atoms with Gasteiger partial charge < -0.3 is 20.5 Å². The minimum atomic E-state index is -1.42. The molecule has 1 unspecified atom stereocenters. The van der Waals surface area contributed by atoms with Crippen LogP contribution >= 0.6 is 0 Å². The van der Waals surface area contributed by atoms with Crippen LogP contribution in [0.2, 0.25) is 0 Å². The summed E-state index contributed by atoms with van der Waals surface area (Å²) in [4.78, 5) is 34.9. The molecular weight excluding hydrogens is 276 g/mol. The lowest BCUT2D eigenvalue weighted by molar-refractivity contribution is -0.146. The molecule has 0 heterocycles. The summed E-state index contributed by atoms with van der Waals surface area (Å²) in [5.74, 6) is -1.94. The molecule has 0 aliphatic carbocycles. The van der Waals surface area contributed by atoms with Gasteiger partial charge in [0.05, 0.1) is 0 Å². The van der Waals surface area contributed by atoms with Gasteiger partial charge in [0.15, 0.2) is 0 Å². The predicted octanol–water partition coefficient (Wildman–Crippen LogP) is 1.52. The van der Waals surface area contributed by atoms with Gasteiger partial charge in [-0.15, -0.1) is 0 Å². The summed E-state index contributed by atoms with van der Waals surface area (Å²) in [5.41, 5.74) is -2.09. The molecule has 0 spiro atoms. The summed E-state index contributed by atoms with van der Waals surface area (Å²) >= 11 is 0.